The summed E-state index contributed by atoms with van der Waals surface area (Å²) in [6.45, 7) is 0. The zero-order valence-electron chi connectivity index (χ0n) is 12.4. The molecule has 1 aromatic carbocycles. The van der Waals surface area contributed by atoms with E-state index in [1.807, 2.05) is 0 Å². The van der Waals surface area contributed by atoms with Crippen LogP contribution < -0.4 is 10.6 Å². The number of carbonyl (C=O) groups is 3. The van der Waals surface area contributed by atoms with Gasteiger partial charge in [0.25, 0.3) is 0 Å². The van der Waals surface area contributed by atoms with E-state index in [1.54, 1.807) is 18.2 Å². The topological polar surface area (TPSA) is 84.5 Å². The van der Waals surface area contributed by atoms with Crippen LogP contribution >= 0.6 is 23.2 Å². The number of hydrogen-bond acceptors (Lipinski definition) is 4. The first-order valence-electron chi connectivity index (χ1n) is 7.02. The molecule has 2 rings (SSSR count). The molecule has 2 N–H and O–H groups in total. The smallest absolute Gasteiger partial charge is 0.328 e. The van der Waals surface area contributed by atoms with E-state index in [9.17, 15) is 14.4 Å². The third kappa shape index (κ3) is 4.59. The predicted molar refractivity (Wildman–Crippen MR) is 85.3 cm³/mol. The minimum Gasteiger partial charge on any atom is -0.467 e. The Hall–Kier alpha value is -1.79. The van der Waals surface area contributed by atoms with Gasteiger partial charge < -0.3 is 15.4 Å². The molecule has 1 heterocycles. The van der Waals surface area contributed by atoms with Gasteiger partial charge >= 0.3 is 5.97 Å². The number of esters is 1. The zero-order valence-corrected chi connectivity index (χ0v) is 13.9. The van der Waals surface area contributed by atoms with Gasteiger partial charge in [0, 0.05) is 22.9 Å². The van der Waals surface area contributed by atoms with Crippen molar-refractivity contribution in [3.63, 3.8) is 0 Å². The summed E-state index contributed by atoms with van der Waals surface area (Å²) in [4.78, 5) is 35.3. The number of nitrogens with one attached hydrogen (secondary N) is 2. The standard InChI is InChI=1S/C15H16Cl2N2O4/c1-23-15(22)12(6-8-2-3-9(16)7-10(8)17)19-14(21)11-4-5-13(20)18-11/h2-3,7,11-12H,4-6H2,1H3,(H,18,20)(H,19,21)/t11-,12+/m0/s1. The van der Waals surface area contributed by atoms with Gasteiger partial charge in [-0.1, -0.05) is 29.3 Å². The number of benzene rings is 1. The summed E-state index contributed by atoms with van der Waals surface area (Å²) in [7, 11) is 1.24. The number of amides is 2. The van der Waals surface area contributed by atoms with Crippen molar-refractivity contribution in [3.8, 4) is 0 Å². The van der Waals surface area contributed by atoms with Gasteiger partial charge in [0.2, 0.25) is 11.8 Å². The highest BCUT2D eigenvalue weighted by molar-refractivity contribution is 6.35. The molecule has 6 nitrogen and oxygen atoms in total. The first kappa shape index (κ1) is 17.6. The van der Waals surface area contributed by atoms with Crippen LogP contribution in [0.2, 0.25) is 10.0 Å². The predicted octanol–water partition coefficient (Wildman–Crippen LogP) is 1.47. The Bertz CT molecular complexity index is 636. The van der Waals surface area contributed by atoms with E-state index in [-0.39, 0.29) is 12.3 Å². The maximum atomic E-state index is 12.2. The molecular weight excluding hydrogens is 343 g/mol. The fourth-order valence-electron chi connectivity index (χ4n) is 2.33. The Morgan fingerprint density at radius 1 is 1.43 bits per heavy atom. The quantitative estimate of drug-likeness (QED) is 0.780. The van der Waals surface area contributed by atoms with Crippen LogP contribution in [0.3, 0.4) is 0 Å². The lowest BCUT2D eigenvalue weighted by molar-refractivity contribution is -0.145. The molecule has 1 fully saturated rings. The first-order chi connectivity index (χ1) is 10.9. The lowest BCUT2D eigenvalue weighted by atomic mass is 10.1. The van der Waals surface area contributed by atoms with E-state index in [2.05, 4.69) is 10.6 Å². The molecule has 0 saturated carbocycles. The average Bonchev–Trinajstić information content (AvgIpc) is 2.94. The van der Waals surface area contributed by atoms with Gasteiger partial charge in [-0.25, -0.2) is 4.79 Å². The van der Waals surface area contributed by atoms with Crippen molar-refractivity contribution < 1.29 is 19.1 Å². The van der Waals surface area contributed by atoms with E-state index < -0.39 is 24.0 Å². The molecule has 0 aliphatic carbocycles. The monoisotopic (exact) mass is 358 g/mol. The molecule has 1 aliphatic heterocycles. The van der Waals surface area contributed by atoms with Crippen molar-refractivity contribution in [1.82, 2.24) is 10.6 Å². The maximum absolute atomic E-state index is 12.2. The zero-order chi connectivity index (χ0) is 17.0. The van der Waals surface area contributed by atoms with Crippen LogP contribution in [-0.4, -0.2) is 37.0 Å². The second-order valence-electron chi connectivity index (χ2n) is 5.18. The van der Waals surface area contributed by atoms with E-state index in [0.717, 1.165) is 0 Å². The molecule has 0 radical (unpaired) electrons. The molecule has 1 aromatic rings. The molecule has 1 aliphatic rings. The van der Waals surface area contributed by atoms with Crippen molar-refractivity contribution in [1.29, 1.82) is 0 Å². The Morgan fingerprint density at radius 3 is 2.74 bits per heavy atom. The van der Waals surface area contributed by atoms with Crippen molar-refractivity contribution in [2.24, 2.45) is 0 Å². The highest BCUT2D eigenvalue weighted by atomic mass is 35.5. The summed E-state index contributed by atoms with van der Waals surface area (Å²) in [6, 6.07) is 3.37. The molecular formula is C15H16Cl2N2O4. The Kier molecular flexibility index (Phi) is 5.85. The summed E-state index contributed by atoms with van der Waals surface area (Å²) in [5.41, 5.74) is 0.655. The van der Waals surface area contributed by atoms with E-state index in [0.29, 0.717) is 28.5 Å². The summed E-state index contributed by atoms with van der Waals surface area (Å²) in [6.07, 6.45) is 0.860. The molecule has 23 heavy (non-hydrogen) atoms. The molecule has 124 valence electrons. The van der Waals surface area contributed by atoms with Crippen LogP contribution in [0.25, 0.3) is 0 Å². The van der Waals surface area contributed by atoms with Crippen LogP contribution in [-0.2, 0) is 25.5 Å². The van der Waals surface area contributed by atoms with Gasteiger partial charge in [0.05, 0.1) is 7.11 Å². The van der Waals surface area contributed by atoms with E-state index in [4.69, 9.17) is 27.9 Å². The fourth-order valence-corrected chi connectivity index (χ4v) is 2.81. The maximum Gasteiger partial charge on any atom is 0.328 e. The molecule has 2 amide bonds. The summed E-state index contributed by atoms with van der Waals surface area (Å²) >= 11 is 11.9. The third-order valence-corrected chi connectivity index (χ3v) is 4.14. The average molecular weight is 359 g/mol. The van der Waals surface area contributed by atoms with Crippen LogP contribution in [0.1, 0.15) is 18.4 Å². The van der Waals surface area contributed by atoms with Gasteiger partial charge in [0.1, 0.15) is 12.1 Å². The summed E-state index contributed by atoms with van der Waals surface area (Å²) in [5.74, 6) is -1.19. The Balaban J connectivity index is 2.09. The van der Waals surface area contributed by atoms with Crippen molar-refractivity contribution in [3.05, 3.63) is 33.8 Å². The molecule has 0 unspecified atom stereocenters. The second kappa shape index (κ2) is 7.66. The number of methoxy groups -OCH3 is 1. The number of hydrogen-bond donors (Lipinski definition) is 2. The van der Waals surface area contributed by atoms with Crippen molar-refractivity contribution >= 4 is 41.0 Å². The fraction of sp³-hybridized carbons (Fsp3) is 0.400. The Labute approximate surface area is 143 Å². The normalized spacial score (nSPS) is 18.2. The SMILES string of the molecule is COC(=O)[C@@H](Cc1ccc(Cl)cc1Cl)NC(=O)[C@@H]1CCC(=O)N1. The highest BCUT2D eigenvalue weighted by Gasteiger charge is 2.31. The van der Waals surface area contributed by atoms with Crippen LogP contribution in [0, 0.1) is 0 Å². The molecule has 1 saturated heterocycles. The lowest BCUT2D eigenvalue weighted by Gasteiger charge is -2.19. The second-order valence-corrected chi connectivity index (χ2v) is 6.03. The molecule has 0 aromatic heterocycles. The van der Waals surface area contributed by atoms with Gasteiger partial charge in [-0.15, -0.1) is 0 Å². The number of rotatable bonds is 5. The first-order valence-corrected chi connectivity index (χ1v) is 7.77. The van der Waals surface area contributed by atoms with Crippen molar-refractivity contribution in [2.45, 2.75) is 31.3 Å². The van der Waals surface area contributed by atoms with Gasteiger partial charge in [-0.3, -0.25) is 9.59 Å². The number of ether oxygens (including phenoxy) is 1. The summed E-state index contributed by atoms with van der Waals surface area (Å²) < 4.78 is 4.72. The summed E-state index contributed by atoms with van der Waals surface area (Å²) in [5, 5.41) is 6.03. The molecule has 2 atom stereocenters. The van der Waals surface area contributed by atoms with Gasteiger partial charge in [0.15, 0.2) is 0 Å². The highest BCUT2D eigenvalue weighted by Crippen LogP contribution is 2.22. The minimum absolute atomic E-state index is 0.162. The van der Waals surface area contributed by atoms with E-state index >= 15 is 0 Å². The van der Waals surface area contributed by atoms with Crippen molar-refractivity contribution in [2.75, 3.05) is 7.11 Å². The minimum atomic E-state index is -0.899. The Morgan fingerprint density at radius 2 is 2.17 bits per heavy atom. The van der Waals surface area contributed by atoms with Crippen LogP contribution in [0.15, 0.2) is 18.2 Å². The van der Waals surface area contributed by atoms with Crippen LogP contribution in [0.5, 0.6) is 0 Å². The van der Waals surface area contributed by atoms with Crippen LogP contribution in [0.4, 0.5) is 0 Å². The van der Waals surface area contributed by atoms with Gasteiger partial charge in [-0.05, 0) is 24.1 Å². The molecule has 8 heteroatoms. The lowest BCUT2D eigenvalue weighted by Crippen LogP contribution is -2.50. The number of halogens is 2. The van der Waals surface area contributed by atoms with E-state index in [1.165, 1.54) is 7.11 Å². The van der Waals surface area contributed by atoms with Gasteiger partial charge in [-0.2, -0.15) is 0 Å². The molecule has 0 bridgehead atoms. The third-order valence-electron chi connectivity index (χ3n) is 3.55. The number of carbonyl (C=O) groups excluding carboxylic acids is 3. The molecule has 0 spiro atoms. The largest absolute Gasteiger partial charge is 0.467 e.